The Morgan fingerprint density at radius 3 is 1.30 bits per heavy atom. The normalized spacial score (nSPS) is 11.8. The zero-order valence-corrected chi connectivity index (χ0v) is 35.6. The molecule has 0 spiro atoms. The Morgan fingerprint density at radius 1 is 0.286 bits per heavy atom. The van der Waals surface area contributed by atoms with E-state index < -0.39 is 8.07 Å². The molecule has 12 rings (SSSR count). The summed E-state index contributed by atoms with van der Waals surface area (Å²) in [6.45, 7) is 0. The molecular formula is C60H42N2Si. The first-order chi connectivity index (χ1) is 31.3. The van der Waals surface area contributed by atoms with Gasteiger partial charge in [-0.2, -0.15) is 0 Å². The Bertz CT molecular complexity index is 3480. The maximum atomic E-state index is 2.58. The first kappa shape index (κ1) is 36.8. The molecule has 3 heteroatoms. The van der Waals surface area contributed by atoms with Gasteiger partial charge in [0.05, 0.1) is 27.8 Å². The molecule has 2 aromatic heterocycles. The fraction of sp³-hybridized carbons (Fsp3) is 0. The Labute approximate surface area is 368 Å². The highest BCUT2D eigenvalue weighted by Gasteiger charge is 2.43. The summed E-state index contributed by atoms with van der Waals surface area (Å²) in [5.74, 6) is 0. The third kappa shape index (κ3) is 5.85. The maximum absolute atomic E-state index is 2.96. The van der Waals surface area contributed by atoms with Gasteiger partial charge in [0, 0.05) is 27.2 Å². The van der Waals surface area contributed by atoms with E-state index in [0.29, 0.717) is 0 Å². The minimum Gasteiger partial charge on any atom is -0.307 e. The molecular weight excluding hydrogens is 777 g/mol. The van der Waals surface area contributed by atoms with Gasteiger partial charge in [0.2, 0.25) is 0 Å². The van der Waals surface area contributed by atoms with Crippen molar-refractivity contribution >= 4 is 72.4 Å². The van der Waals surface area contributed by atoms with E-state index in [0.717, 1.165) is 11.4 Å². The van der Waals surface area contributed by atoms with Gasteiger partial charge in [-0.3, -0.25) is 0 Å². The van der Waals surface area contributed by atoms with Gasteiger partial charge in [0.15, 0.2) is 8.07 Å². The molecule has 296 valence electrons. The van der Waals surface area contributed by atoms with Crippen molar-refractivity contribution in [2.45, 2.75) is 0 Å². The molecule has 0 amide bonds. The van der Waals surface area contributed by atoms with Crippen LogP contribution in [0.5, 0.6) is 0 Å². The number of benzene rings is 10. The van der Waals surface area contributed by atoms with Crippen LogP contribution in [0.25, 0.3) is 77.2 Å². The third-order valence-electron chi connectivity index (χ3n) is 13.1. The van der Waals surface area contributed by atoms with E-state index in [9.17, 15) is 0 Å². The predicted molar refractivity (Wildman–Crippen MR) is 270 cm³/mol. The molecule has 10 aromatic carbocycles. The van der Waals surface area contributed by atoms with Crippen LogP contribution in [0.4, 0.5) is 0 Å². The molecule has 0 radical (unpaired) electrons. The number of fused-ring (bicyclic) bond motifs is 6. The lowest BCUT2D eigenvalue weighted by Crippen LogP contribution is -2.75. The molecule has 0 bridgehead atoms. The summed E-state index contributed by atoms with van der Waals surface area (Å²) in [6.07, 6.45) is 0. The van der Waals surface area contributed by atoms with Gasteiger partial charge < -0.3 is 9.13 Å². The fourth-order valence-electron chi connectivity index (χ4n) is 10.4. The second-order valence-electron chi connectivity index (χ2n) is 16.4. The van der Waals surface area contributed by atoms with Crippen LogP contribution < -0.4 is 20.7 Å². The molecule has 63 heavy (non-hydrogen) atoms. The van der Waals surface area contributed by atoms with Crippen LogP contribution in [0.1, 0.15) is 0 Å². The second kappa shape index (κ2) is 15.2. The van der Waals surface area contributed by atoms with Crippen LogP contribution >= 0.6 is 0 Å². The minimum atomic E-state index is -2.96. The average Bonchev–Trinajstić information content (AvgIpc) is 3.88. The van der Waals surface area contributed by atoms with Crippen LogP contribution in [0.2, 0.25) is 0 Å². The number of nitrogens with zero attached hydrogens (tertiary/aromatic N) is 2. The van der Waals surface area contributed by atoms with E-state index >= 15 is 0 Å². The quantitative estimate of drug-likeness (QED) is 0.107. The first-order valence-electron chi connectivity index (χ1n) is 21.8. The van der Waals surface area contributed by atoms with Gasteiger partial charge in [-0.25, -0.2) is 0 Å². The summed E-state index contributed by atoms with van der Waals surface area (Å²) in [7, 11) is -2.96. The van der Waals surface area contributed by atoms with Gasteiger partial charge in [0.1, 0.15) is 0 Å². The van der Waals surface area contributed by atoms with Gasteiger partial charge >= 0.3 is 0 Å². The lowest BCUT2D eigenvalue weighted by Gasteiger charge is -2.36. The van der Waals surface area contributed by atoms with Gasteiger partial charge in [-0.15, -0.1) is 0 Å². The van der Waals surface area contributed by atoms with E-state index in [1.165, 1.54) is 86.6 Å². The maximum Gasteiger partial charge on any atom is 0.180 e. The number of rotatable bonds is 8. The summed E-state index contributed by atoms with van der Waals surface area (Å²) in [5.41, 5.74) is 11.9. The molecule has 0 aliphatic rings. The van der Waals surface area contributed by atoms with Gasteiger partial charge in [0.25, 0.3) is 0 Å². The van der Waals surface area contributed by atoms with Crippen molar-refractivity contribution < 1.29 is 0 Å². The number of hydrogen-bond donors (Lipinski definition) is 0. The van der Waals surface area contributed by atoms with Crippen molar-refractivity contribution in [3.8, 4) is 33.6 Å². The largest absolute Gasteiger partial charge is 0.307 e. The topological polar surface area (TPSA) is 9.86 Å². The Hall–Kier alpha value is -7.98. The van der Waals surface area contributed by atoms with Crippen molar-refractivity contribution in [3.63, 3.8) is 0 Å². The first-order valence-corrected chi connectivity index (χ1v) is 23.8. The van der Waals surface area contributed by atoms with Crippen LogP contribution in [0.3, 0.4) is 0 Å². The summed E-state index contributed by atoms with van der Waals surface area (Å²) in [6, 6.07) is 94.4. The van der Waals surface area contributed by atoms with E-state index in [1.807, 2.05) is 0 Å². The molecule has 0 saturated heterocycles. The summed E-state index contributed by atoms with van der Waals surface area (Å²) in [4.78, 5) is 0. The zero-order valence-electron chi connectivity index (χ0n) is 34.6. The van der Waals surface area contributed by atoms with E-state index in [4.69, 9.17) is 0 Å². The molecule has 0 aliphatic carbocycles. The van der Waals surface area contributed by atoms with Crippen LogP contribution in [-0.2, 0) is 0 Å². The van der Waals surface area contributed by atoms with Crippen molar-refractivity contribution in [2.75, 3.05) is 0 Å². The highest BCUT2D eigenvalue weighted by Crippen LogP contribution is 2.41. The molecule has 0 fully saturated rings. The van der Waals surface area contributed by atoms with Crippen LogP contribution in [0.15, 0.2) is 255 Å². The molecule has 0 saturated carbocycles. The summed E-state index contributed by atoms with van der Waals surface area (Å²) in [5, 5.41) is 10.4. The van der Waals surface area contributed by atoms with Crippen LogP contribution in [-0.4, -0.2) is 17.2 Å². The molecule has 0 unspecified atom stereocenters. The van der Waals surface area contributed by atoms with Crippen molar-refractivity contribution in [1.82, 2.24) is 9.13 Å². The molecule has 2 nitrogen and oxygen atoms in total. The highest BCUT2D eigenvalue weighted by molar-refractivity contribution is 7.20. The number of aromatic nitrogens is 2. The lowest BCUT2D eigenvalue weighted by atomic mass is 10.0. The predicted octanol–water partition coefficient (Wildman–Crippen LogP) is 12.6. The smallest absolute Gasteiger partial charge is 0.180 e. The highest BCUT2D eigenvalue weighted by atomic mass is 28.3. The van der Waals surface area contributed by atoms with Crippen molar-refractivity contribution in [1.29, 1.82) is 0 Å². The summed E-state index contributed by atoms with van der Waals surface area (Å²) < 4.78 is 5.01. The fourth-order valence-corrected chi connectivity index (χ4v) is 15.3. The lowest BCUT2D eigenvalue weighted by molar-refractivity contribution is 1.13. The molecule has 2 heterocycles. The Balaban J connectivity index is 1.21. The Kier molecular flexibility index (Phi) is 8.87. The minimum absolute atomic E-state index is 1.13. The Morgan fingerprint density at radius 2 is 0.730 bits per heavy atom. The van der Waals surface area contributed by atoms with E-state index in [2.05, 4.69) is 264 Å². The van der Waals surface area contributed by atoms with Crippen molar-refractivity contribution in [3.05, 3.63) is 255 Å². The average molecular weight is 819 g/mol. The van der Waals surface area contributed by atoms with Crippen LogP contribution in [0, 0.1) is 0 Å². The third-order valence-corrected chi connectivity index (χ3v) is 17.9. The number of para-hydroxylation sites is 3. The molecule has 0 aliphatic heterocycles. The van der Waals surface area contributed by atoms with Gasteiger partial charge in [-0.05, 0) is 79.4 Å². The van der Waals surface area contributed by atoms with Gasteiger partial charge in [-0.1, -0.05) is 218 Å². The van der Waals surface area contributed by atoms with E-state index in [1.54, 1.807) is 0 Å². The molecule has 0 atom stereocenters. The second-order valence-corrected chi connectivity index (χ2v) is 20.2. The standard InChI is InChI=1S/C60H42N2Si/c1-6-21-43(22-7-1)44-37-39-46(40-38-44)61-55-34-18-16-31-50(55)52-33-20-36-57(60(52)61)62-56-35-19-17-32-51(56)54-42-59(53(41-58(54)62)45-23-8-2-9-24-45)63(47-25-10-3-11-26-47,48-27-12-4-13-28-48)49-29-14-5-15-30-49/h1-42H. The van der Waals surface area contributed by atoms with Crippen molar-refractivity contribution in [2.24, 2.45) is 0 Å². The SMILES string of the molecule is c1ccc(-c2ccc(-n3c4ccccc4c4cccc(-n5c6ccccc6c6cc([Si](c7ccccc7)(c7ccccc7)c7ccccc7)c(-c7ccccc7)cc65)c43)cc2)cc1. The number of hydrogen-bond acceptors (Lipinski definition) is 0. The molecule has 12 aromatic rings. The molecule has 0 N–H and O–H groups in total. The zero-order chi connectivity index (χ0) is 41.7. The summed E-state index contributed by atoms with van der Waals surface area (Å²) >= 11 is 0. The monoisotopic (exact) mass is 818 g/mol. The van der Waals surface area contributed by atoms with E-state index in [-0.39, 0.29) is 0 Å².